The topological polar surface area (TPSA) is 68.9 Å². The second-order valence-electron chi connectivity index (χ2n) is 15.0. The van der Waals surface area contributed by atoms with E-state index in [1.165, 1.54) is 6.42 Å². The Balaban J connectivity index is 1.42. The number of rotatable bonds is 2. The number of ether oxygens (including phenoxy) is 1. The lowest BCUT2D eigenvalue weighted by Gasteiger charge is -2.61. The quantitative estimate of drug-likeness (QED) is 0.444. The average Bonchev–Trinajstić information content (AvgIpc) is 2.93. The smallest absolute Gasteiger partial charge is 0.320 e. The first-order chi connectivity index (χ1) is 19.7. The summed E-state index contributed by atoms with van der Waals surface area (Å²) in [5, 5.41) is 11.2. The van der Waals surface area contributed by atoms with Crippen molar-refractivity contribution in [1.82, 2.24) is 25.8 Å². The van der Waals surface area contributed by atoms with Crippen molar-refractivity contribution in [3.05, 3.63) is 0 Å². The van der Waals surface area contributed by atoms with Crippen LogP contribution in [0.2, 0.25) is 0 Å². The van der Waals surface area contributed by atoms with Crippen molar-refractivity contribution in [1.29, 1.82) is 0 Å². The largest absolute Gasteiger partial charge is 0.375 e. The Hall–Kier alpha value is -1.03. The van der Waals surface area contributed by atoms with Gasteiger partial charge in [0.05, 0.1) is 24.5 Å². The van der Waals surface area contributed by atoms with Crippen molar-refractivity contribution in [3.63, 3.8) is 0 Å². The fourth-order valence-electron chi connectivity index (χ4n) is 9.76. The second-order valence-corrected chi connectivity index (χ2v) is 15.0. The highest BCUT2D eigenvalue weighted by Gasteiger charge is 2.57. The number of urea groups is 1. The van der Waals surface area contributed by atoms with Gasteiger partial charge in [-0.2, -0.15) is 0 Å². The summed E-state index contributed by atoms with van der Waals surface area (Å²) in [5.74, 6) is 1.03. The predicted octanol–water partition coefficient (Wildman–Crippen LogP) is 4.67. The van der Waals surface area contributed by atoms with Gasteiger partial charge in [-0.25, -0.2) is 13.6 Å². The van der Waals surface area contributed by atoms with Crippen molar-refractivity contribution >= 4 is 6.03 Å². The van der Waals surface area contributed by atoms with E-state index in [-0.39, 0.29) is 61.2 Å². The summed E-state index contributed by atoms with van der Waals surface area (Å²) in [7, 11) is 0. The van der Waals surface area contributed by atoms with Crippen LogP contribution >= 0.6 is 0 Å². The molecule has 6 aliphatic rings. The zero-order valence-electron chi connectivity index (χ0n) is 25.9. The molecule has 0 aromatic heterocycles. The molecule has 9 heteroatoms. The minimum absolute atomic E-state index is 0.000463. The van der Waals surface area contributed by atoms with Crippen LogP contribution in [0.3, 0.4) is 0 Å². The summed E-state index contributed by atoms with van der Waals surface area (Å²) in [6.07, 6.45) is 3.15. The van der Waals surface area contributed by atoms with Crippen molar-refractivity contribution in [3.8, 4) is 0 Å². The van der Waals surface area contributed by atoms with Crippen LogP contribution in [0.5, 0.6) is 0 Å². The molecule has 3 N–H and O–H groups in total. The molecule has 14 atom stereocenters. The number of amides is 2. The van der Waals surface area contributed by atoms with Gasteiger partial charge in [-0.05, 0) is 88.5 Å². The number of carbonyl (C=O) groups excluding carboxylic acids is 1. The Kier molecular flexibility index (Phi) is 8.90. The summed E-state index contributed by atoms with van der Waals surface area (Å²) in [4.78, 5) is 19.1. The molecular weight excluding hydrogens is 524 g/mol. The van der Waals surface area contributed by atoms with Gasteiger partial charge in [0.2, 0.25) is 0 Å². The van der Waals surface area contributed by atoms with Crippen LogP contribution in [0.25, 0.3) is 0 Å². The van der Waals surface area contributed by atoms with Crippen LogP contribution in [0.15, 0.2) is 0 Å². The van der Waals surface area contributed by atoms with Crippen LogP contribution in [0, 0.1) is 35.5 Å². The minimum Gasteiger partial charge on any atom is -0.375 e. The molecule has 5 saturated heterocycles. The van der Waals surface area contributed by atoms with Crippen molar-refractivity contribution in [2.75, 3.05) is 19.7 Å². The molecule has 1 aliphatic carbocycles. The van der Waals surface area contributed by atoms with E-state index in [4.69, 9.17) is 4.74 Å². The van der Waals surface area contributed by atoms with Gasteiger partial charge in [0.15, 0.2) is 0 Å². The van der Waals surface area contributed by atoms with Gasteiger partial charge in [-0.3, -0.25) is 10.2 Å². The summed E-state index contributed by atoms with van der Waals surface area (Å²) >= 11 is 0. The Morgan fingerprint density at radius 1 is 0.976 bits per heavy atom. The van der Waals surface area contributed by atoms with Crippen molar-refractivity contribution in [2.24, 2.45) is 35.5 Å². The molecular formula is C32H55F2N5O2. The molecule has 2 bridgehead atoms. The third kappa shape index (κ3) is 5.55. The predicted molar refractivity (Wildman–Crippen MR) is 157 cm³/mol. The first kappa shape index (κ1) is 30.0. The number of likely N-dealkylation sites (tertiary alicyclic amines) is 1. The second kappa shape index (κ2) is 12.2. The number of halogens is 2. The molecule has 0 spiro atoms. The van der Waals surface area contributed by atoms with Crippen molar-refractivity contribution < 1.29 is 18.3 Å². The standard InChI is InChI=1S/C32H55F2N5O2/c1-17(2)26-28-21(12-13-35-26)7-6-14-41-29-24(34)11-10-23(33)25(29)27-19(4)15-22-30(37-32(40)39(28)31(22)36-27)38-16-18(3)8-9-20(38)5/h17-31,35-36H,6-16H2,1-5H3,(H,37,40)/t18-,19?,20-,21?,22?,23?,24?,25?,26?,27?,28?,29?,30?,31?/m0/s1. The van der Waals surface area contributed by atoms with E-state index in [1.807, 2.05) is 0 Å². The van der Waals surface area contributed by atoms with Gasteiger partial charge in [0.1, 0.15) is 12.3 Å². The van der Waals surface area contributed by atoms with E-state index in [0.717, 1.165) is 45.2 Å². The minimum atomic E-state index is -1.15. The lowest BCUT2D eigenvalue weighted by molar-refractivity contribution is -0.133. The summed E-state index contributed by atoms with van der Waals surface area (Å²) < 4.78 is 37.6. The lowest BCUT2D eigenvalue weighted by Crippen LogP contribution is -2.79. The third-order valence-electron chi connectivity index (χ3n) is 11.9. The van der Waals surface area contributed by atoms with Gasteiger partial charge in [-0.15, -0.1) is 0 Å². The van der Waals surface area contributed by atoms with Crippen LogP contribution in [-0.4, -0.2) is 90.5 Å². The molecule has 6 fully saturated rings. The zero-order chi connectivity index (χ0) is 29.0. The van der Waals surface area contributed by atoms with E-state index in [2.05, 4.69) is 60.4 Å². The van der Waals surface area contributed by atoms with E-state index < -0.39 is 24.4 Å². The lowest BCUT2D eigenvalue weighted by atomic mass is 9.69. The van der Waals surface area contributed by atoms with Gasteiger partial charge >= 0.3 is 6.03 Å². The van der Waals surface area contributed by atoms with Gasteiger partial charge in [0, 0.05) is 43.1 Å². The third-order valence-corrected chi connectivity index (χ3v) is 11.9. The molecule has 0 radical (unpaired) electrons. The molecule has 234 valence electrons. The van der Waals surface area contributed by atoms with Gasteiger partial charge < -0.3 is 20.3 Å². The highest BCUT2D eigenvalue weighted by Crippen LogP contribution is 2.45. The summed E-state index contributed by atoms with van der Waals surface area (Å²) in [6.45, 7) is 13.7. The monoisotopic (exact) mass is 579 g/mol. The average molecular weight is 580 g/mol. The Bertz CT molecular complexity index is 927. The molecule has 41 heavy (non-hydrogen) atoms. The molecule has 5 heterocycles. The van der Waals surface area contributed by atoms with Crippen LogP contribution < -0.4 is 16.0 Å². The molecule has 0 aromatic rings. The van der Waals surface area contributed by atoms with E-state index in [1.54, 1.807) is 0 Å². The molecule has 12 unspecified atom stereocenters. The molecule has 6 rings (SSSR count). The van der Waals surface area contributed by atoms with E-state index in [0.29, 0.717) is 30.4 Å². The van der Waals surface area contributed by atoms with Crippen LogP contribution in [0.4, 0.5) is 13.6 Å². The number of hydrogen-bond acceptors (Lipinski definition) is 5. The molecule has 7 nitrogen and oxygen atoms in total. The van der Waals surface area contributed by atoms with Gasteiger partial charge in [0.25, 0.3) is 0 Å². The Morgan fingerprint density at radius 3 is 2.54 bits per heavy atom. The molecule has 2 amide bonds. The summed E-state index contributed by atoms with van der Waals surface area (Å²) in [6, 6.07) is 0.372. The maximum Gasteiger partial charge on any atom is 0.320 e. The summed E-state index contributed by atoms with van der Waals surface area (Å²) in [5.41, 5.74) is 0. The number of fused-ring (bicyclic) bond motifs is 5. The molecule has 5 aliphatic heterocycles. The van der Waals surface area contributed by atoms with Crippen molar-refractivity contribution in [2.45, 2.75) is 141 Å². The Labute approximate surface area is 246 Å². The van der Waals surface area contributed by atoms with Crippen LogP contribution in [-0.2, 0) is 4.74 Å². The fraction of sp³-hybridized carbons (Fsp3) is 0.969. The number of carbonyl (C=O) groups is 1. The highest BCUT2D eigenvalue weighted by molar-refractivity contribution is 5.76. The maximum atomic E-state index is 15.9. The SMILES string of the molecule is CC(C)C1NCCC2CCCOC3C(F)CCC(F)C3C3NC4C(CC3C)C(N3C[C@@H](C)CC[C@@H]3C)NC(=O)N4C21. The Morgan fingerprint density at radius 2 is 1.76 bits per heavy atom. The maximum absolute atomic E-state index is 15.9. The first-order valence-electron chi connectivity index (χ1n) is 16.9. The number of hydrogen-bond donors (Lipinski definition) is 3. The first-order valence-corrected chi connectivity index (χ1v) is 16.9. The molecule has 1 saturated carbocycles. The van der Waals surface area contributed by atoms with E-state index >= 15 is 8.78 Å². The number of nitrogens with one attached hydrogen (secondary N) is 3. The van der Waals surface area contributed by atoms with Crippen LogP contribution in [0.1, 0.15) is 86.0 Å². The molecule has 0 aromatic carbocycles. The fourth-order valence-corrected chi connectivity index (χ4v) is 9.76. The highest BCUT2D eigenvalue weighted by atomic mass is 19.1. The number of alkyl halides is 2. The number of nitrogens with zero attached hydrogens (tertiary/aromatic N) is 2. The van der Waals surface area contributed by atoms with E-state index in [9.17, 15) is 4.79 Å². The number of piperidine rings is 3. The zero-order valence-corrected chi connectivity index (χ0v) is 25.9. The normalized spacial score (nSPS) is 49.8. The van der Waals surface area contributed by atoms with Gasteiger partial charge in [-0.1, -0.05) is 27.7 Å².